The Balaban J connectivity index is 1.50. The third kappa shape index (κ3) is 3.87. The Bertz CT molecular complexity index is 1070. The van der Waals surface area contributed by atoms with Crippen molar-refractivity contribution in [2.45, 2.75) is 6.42 Å². The van der Waals surface area contributed by atoms with Gasteiger partial charge in [0, 0.05) is 17.4 Å². The number of methoxy groups -OCH3 is 1. The van der Waals surface area contributed by atoms with Crippen LogP contribution in [0.25, 0.3) is 10.8 Å². The molecule has 0 aromatic heterocycles. The van der Waals surface area contributed by atoms with Gasteiger partial charge in [-0.1, -0.05) is 24.3 Å². The van der Waals surface area contributed by atoms with E-state index in [-0.39, 0.29) is 12.4 Å². The van der Waals surface area contributed by atoms with Crippen LogP contribution in [0.15, 0.2) is 54.6 Å². The van der Waals surface area contributed by atoms with Crippen molar-refractivity contribution in [2.24, 2.45) is 0 Å². The number of hydrogen-bond donors (Lipinski definition) is 0. The molecule has 0 amide bonds. The fraction of sp³-hybridized carbons (Fsp3) is 0.217. The molecule has 0 N–H and O–H groups in total. The van der Waals surface area contributed by atoms with Crippen LogP contribution in [-0.2, 0) is 4.74 Å². The Hall–Kier alpha value is -3.54. The van der Waals surface area contributed by atoms with E-state index in [0.29, 0.717) is 47.0 Å². The van der Waals surface area contributed by atoms with Crippen molar-refractivity contribution in [1.82, 2.24) is 0 Å². The van der Waals surface area contributed by atoms with E-state index < -0.39 is 5.97 Å². The molecule has 1 aliphatic rings. The van der Waals surface area contributed by atoms with Crippen molar-refractivity contribution in [2.75, 3.05) is 26.9 Å². The van der Waals surface area contributed by atoms with E-state index in [9.17, 15) is 9.59 Å². The lowest BCUT2D eigenvalue weighted by atomic mass is 10.0. The molecule has 0 spiro atoms. The minimum Gasteiger partial charge on any atom is -0.496 e. The maximum atomic E-state index is 12.6. The smallest absolute Gasteiger partial charge is 0.339 e. The lowest BCUT2D eigenvalue weighted by molar-refractivity contribution is 0.0476. The van der Waals surface area contributed by atoms with Gasteiger partial charge in [0.2, 0.25) is 0 Å². The maximum Gasteiger partial charge on any atom is 0.339 e. The minimum absolute atomic E-state index is 0.313. The zero-order valence-corrected chi connectivity index (χ0v) is 16.0. The summed E-state index contributed by atoms with van der Waals surface area (Å²) in [6, 6.07) is 15.7. The zero-order valence-electron chi connectivity index (χ0n) is 16.0. The van der Waals surface area contributed by atoms with E-state index in [1.54, 1.807) is 37.4 Å². The molecule has 29 heavy (non-hydrogen) atoms. The average molecular weight is 392 g/mol. The van der Waals surface area contributed by atoms with E-state index >= 15 is 0 Å². The van der Waals surface area contributed by atoms with Gasteiger partial charge < -0.3 is 18.9 Å². The summed E-state index contributed by atoms with van der Waals surface area (Å²) in [4.78, 5) is 25.1. The molecule has 6 nitrogen and oxygen atoms in total. The van der Waals surface area contributed by atoms with E-state index in [1.807, 2.05) is 24.3 Å². The highest BCUT2D eigenvalue weighted by molar-refractivity contribution is 6.07. The fourth-order valence-electron chi connectivity index (χ4n) is 3.26. The molecule has 3 aromatic rings. The van der Waals surface area contributed by atoms with Crippen molar-refractivity contribution in [3.05, 3.63) is 65.7 Å². The second kappa shape index (κ2) is 8.22. The minimum atomic E-state index is -0.563. The lowest BCUT2D eigenvalue weighted by Crippen LogP contribution is -2.14. The molecule has 0 aliphatic carbocycles. The highest BCUT2D eigenvalue weighted by Gasteiger charge is 2.18. The number of fused-ring (bicyclic) bond motifs is 2. The van der Waals surface area contributed by atoms with Gasteiger partial charge in [-0.05, 0) is 35.7 Å². The number of ether oxygens (including phenoxy) is 4. The number of carbonyl (C=O) groups excluding carboxylic acids is 2. The summed E-state index contributed by atoms with van der Waals surface area (Å²) >= 11 is 0. The van der Waals surface area contributed by atoms with Crippen molar-refractivity contribution in [1.29, 1.82) is 0 Å². The first-order valence-corrected chi connectivity index (χ1v) is 9.33. The normalized spacial score (nSPS) is 12.9. The molecule has 0 saturated carbocycles. The largest absolute Gasteiger partial charge is 0.496 e. The molecule has 0 atom stereocenters. The summed E-state index contributed by atoms with van der Waals surface area (Å²) < 4.78 is 21.8. The van der Waals surface area contributed by atoms with Crippen molar-refractivity contribution < 1.29 is 28.5 Å². The predicted octanol–water partition coefficient (Wildman–Crippen LogP) is 4.05. The van der Waals surface area contributed by atoms with Crippen LogP contribution in [0.5, 0.6) is 17.2 Å². The highest BCUT2D eigenvalue weighted by Crippen LogP contribution is 2.31. The van der Waals surface area contributed by atoms with Crippen molar-refractivity contribution in [3.8, 4) is 17.2 Å². The Morgan fingerprint density at radius 3 is 2.48 bits per heavy atom. The van der Waals surface area contributed by atoms with Gasteiger partial charge in [0.15, 0.2) is 23.9 Å². The van der Waals surface area contributed by atoms with Gasteiger partial charge >= 0.3 is 5.97 Å². The van der Waals surface area contributed by atoms with Crippen LogP contribution in [0, 0.1) is 0 Å². The van der Waals surface area contributed by atoms with Crippen molar-refractivity contribution in [3.63, 3.8) is 0 Å². The van der Waals surface area contributed by atoms with Crippen LogP contribution in [0.2, 0.25) is 0 Å². The van der Waals surface area contributed by atoms with Crippen LogP contribution >= 0.6 is 0 Å². The molecule has 0 saturated heterocycles. The molecular weight excluding hydrogens is 372 g/mol. The van der Waals surface area contributed by atoms with Gasteiger partial charge in [0.25, 0.3) is 0 Å². The third-order valence-corrected chi connectivity index (χ3v) is 4.73. The summed E-state index contributed by atoms with van der Waals surface area (Å²) in [5.74, 6) is 0.931. The number of hydrogen-bond acceptors (Lipinski definition) is 6. The van der Waals surface area contributed by atoms with E-state index in [1.165, 1.54) is 0 Å². The lowest BCUT2D eigenvalue weighted by Gasteiger charge is -2.11. The van der Waals surface area contributed by atoms with Gasteiger partial charge in [0.1, 0.15) is 5.75 Å². The first kappa shape index (κ1) is 18.8. The number of ketones is 1. The molecule has 0 unspecified atom stereocenters. The summed E-state index contributed by atoms with van der Waals surface area (Å²) in [5.41, 5.74) is 0.787. The Labute approximate surface area is 167 Å². The third-order valence-electron chi connectivity index (χ3n) is 4.73. The first-order valence-electron chi connectivity index (χ1n) is 9.33. The van der Waals surface area contributed by atoms with Crippen LogP contribution < -0.4 is 14.2 Å². The number of Topliss-reactive ketones (excluding diaryl/α,β-unsaturated/α-hetero) is 1. The van der Waals surface area contributed by atoms with Crippen LogP contribution in [0.4, 0.5) is 0 Å². The van der Waals surface area contributed by atoms with Crippen LogP contribution in [-0.4, -0.2) is 38.7 Å². The van der Waals surface area contributed by atoms with Gasteiger partial charge in [-0.2, -0.15) is 0 Å². The van der Waals surface area contributed by atoms with Gasteiger partial charge in [0.05, 0.1) is 25.9 Å². The fourth-order valence-corrected chi connectivity index (χ4v) is 3.26. The average Bonchev–Trinajstić information content (AvgIpc) is 3.01. The molecule has 3 aromatic carbocycles. The topological polar surface area (TPSA) is 71.1 Å². The first-order chi connectivity index (χ1) is 14.2. The number of carbonyl (C=O) groups is 2. The molecule has 148 valence electrons. The summed E-state index contributed by atoms with van der Waals surface area (Å²) in [6.45, 7) is 0.747. The quantitative estimate of drug-likeness (QED) is 0.482. The number of rotatable bonds is 5. The van der Waals surface area contributed by atoms with E-state index in [4.69, 9.17) is 18.9 Å². The van der Waals surface area contributed by atoms with Gasteiger partial charge in [-0.25, -0.2) is 4.79 Å². The standard InChI is InChI=1S/C23H20O6/c1-26-20-10-8-18(16-5-2-3-6-17(16)20)23(25)29-14-19(24)15-7-9-21-22(13-15)28-12-4-11-27-21/h2-3,5-10,13H,4,11-12,14H2,1H3. The molecule has 6 heteroatoms. The Kier molecular flexibility index (Phi) is 5.33. The molecule has 0 radical (unpaired) electrons. The zero-order chi connectivity index (χ0) is 20.2. The number of benzene rings is 3. The van der Waals surface area contributed by atoms with E-state index in [2.05, 4.69) is 0 Å². The Morgan fingerprint density at radius 2 is 1.69 bits per heavy atom. The highest BCUT2D eigenvalue weighted by atomic mass is 16.5. The molecule has 0 bridgehead atoms. The molecule has 1 heterocycles. The van der Waals surface area contributed by atoms with Gasteiger partial charge in [-0.15, -0.1) is 0 Å². The SMILES string of the molecule is COc1ccc(C(=O)OCC(=O)c2ccc3c(c2)OCCCO3)c2ccccc12. The molecule has 4 rings (SSSR count). The maximum absolute atomic E-state index is 12.6. The van der Waals surface area contributed by atoms with E-state index in [0.717, 1.165) is 11.8 Å². The molecular formula is C23H20O6. The van der Waals surface area contributed by atoms with Crippen molar-refractivity contribution >= 4 is 22.5 Å². The van der Waals surface area contributed by atoms with Gasteiger partial charge in [-0.3, -0.25) is 4.79 Å². The monoisotopic (exact) mass is 392 g/mol. The van der Waals surface area contributed by atoms with Crippen LogP contribution in [0.1, 0.15) is 27.1 Å². The van der Waals surface area contributed by atoms with Crippen LogP contribution in [0.3, 0.4) is 0 Å². The second-order valence-corrected chi connectivity index (χ2v) is 6.57. The summed E-state index contributed by atoms with van der Waals surface area (Å²) in [7, 11) is 1.58. The number of esters is 1. The second-order valence-electron chi connectivity index (χ2n) is 6.57. The predicted molar refractivity (Wildman–Crippen MR) is 107 cm³/mol. The molecule has 0 fully saturated rings. The summed E-state index contributed by atoms with van der Waals surface area (Å²) in [5, 5.41) is 1.51. The summed E-state index contributed by atoms with van der Waals surface area (Å²) in [6.07, 6.45) is 0.783. The molecule has 1 aliphatic heterocycles. The Morgan fingerprint density at radius 1 is 0.931 bits per heavy atom.